The molecule has 1 heterocycles. The van der Waals surface area contributed by atoms with Crippen molar-refractivity contribution in [2.75, 3.05) is 5.43 Å². The van der Waals surface area contributed by atoms with E-state index in [0.717, 1.165) is 0 Å². The minimum absolute atomic E-state index is 0.0844. The van der Waals surface area contributed by atoms with E-state index in [-0.39, 0.29) is 5.82 Å². The molecule has 0 atom stereocenters. The summed E-state index contributed by atoms with van der Waals surface area (Å²) in [5, 5.41) is 8.39. The number of hydrazine groups is 1. The Bertz CT molecular complexity index is 304. The second-order valence-corrected chi connectivity index (χ2v) is 2.50. The molecule has 1 aromatic rings. The van der Waals surface area contributed by atoms with Gasteiger partial charge in [0.15, 0.2) is 5.82 Å². The molecule has 0 aliphatic carbocycles. The first-order valence-electron chi connectivity index (χ1n) is 2.67. The van der Waals surface area contributed by atoms with Gasteiger partial charge in [0.25, 0.3) is 0 Å². The van der Waals surface area contributed by atoms with Crippen LogP contribution in [0.5, 0.6) is 0 Å². The van der Waals surface area contributed by atoms with E-state index in [1.54, 1.807) is 6.07 Å². The van der Waals surface area contributed by atoms with Crippen LogP contribution in [0.3, 0.4) is 0 Å². The first-order valence-corrected chi connectivity index (χ1v) is 3.46. The van der Waals surface area contributed by atoms with Crippen molar-refractivity contribution in [2.45, 2.75) is 0 Å². The number of halogens is 1. The van der Waals surface area contributed by atoms with Crippen molar-refractivity contribution in [2.24, 2.45) is 5.84 Å². The van der Waals surface area contributed by atoms with Crippen molar-refractivity contribution in [1.82, 2.24) is 9.97 Å². The van der Waals surface area contributed by atoms with E-state index in [1.165, 1.54) is 6.20 Å². The minimum atomic E-state index is 0.0844. The zero-order chi connectivity index (χ0) is 8.27. The molecule has 0 aliphatic heterocycles. The maximum absolute atomic E-state index is 8.39. The molecule has 0 radical (unpaired) electrons. The maximum Gasteiger partial charge on any atom is 0.234 e. The summed E-state index contributed by atoms with van der Waals surface area (Å²) in [6.07, 6.45) is 1.46. The highest BCUT2D eigenvalue weighted by Gasteiger charge is 2.01. The topological polar surface area (TPSA) is 87.6 Å². The Labute approximate surface area is 71.4 Å². The Morgan fingerprint density at radius 1 is 1.73 bits per heavy atom. The summed E-state index contributed by atoms with van der Waals surface area (Å²) in [6.45, 7) is 0. The fraction of sp³-hybridized carbons (Fsp3) is 0. The van der Waals surface area contributed by atoms with E-state index in [9.17, 15) is 0 Å². The highest BCUT2D eigenvalue weighted by atomic mass is 79.9. The molecule has 0 saturated heterocycles. The number of anilines is 1. The number of aromatic nitrogens is 2. The standard InChI is InChI=1S/C5H4BrN5/c6-3-2-9-4(1-7)10-5(3)11-8/h2H,8H2,(H,9,10,11). The van der Waals surface area contributed by atoms with Gasteiger partial charge in [0.05, 0.1) is 4.47 Å². The number of rotatable bonds is 1. The second kappa shape index (κ2) is 3.27. The van der Waals surface area contributed by atoms with E-state index in [4.69, 9.17) is 11.1 Å². The van der Waals surface area contributed by atoms with E-state index in [2.05, 4.69) is 31.3 Å². The summed E-state index contributed by atoms with van der Waals surface area (Å²) < 4.78 is 0.624. The Morgan fingerprint density at radius 2 is 2.45 bits per heavy atom. The lowest BCUT2D eigenvalue weighted by Crippen LogP contribution is -2.10. The summed E-state index contributed by atoms with van der Waals surface area (Å²) in [4.78, 5) is 7.44. The number of nitriles is 1. The third-order valence-electron chi connectivity index (χ3n) is 0.981. The fourth-order valence-corrected chi connectivity index (χ4v) is 0.828. The Kier molecular flexibility index (Phi) is 2.36. The summed E-state index contributed by atoms with van der Waals surface area (Å²) in [5.41, 5.74) is 2.32. The number of nitrogen functional groups attached to an aromatic ring is 1. The van der Waals surface area contributed by atoms with Gasteiger partial charge in [-0.3, -0.25) is 0 Å². The molecule has 0 bridgehead atoms. The molecule has 56 valence electrons. The van der Waals surface area contributed by atoms with Crippen LogP contribution in [0.2, 0.25) is 0 Å². The van der Waals surface area contributed by atoms with Gasteiger partial charge in [-0.1, -0.05) is 0 Å². The molecule has 0 amide bonds. The molecule has 0 aromatic carbocycles. The van der Waals surface area contributed by atoms with Gasteiger partial charge in [-0.25, -0.2) is 10.8 Å². The predicted molar refractivity (Wildman–Crippen MR) is 42.3 cm³/mol. The minimum Gasteiger partial charge on any atom is -0.307 e. The number of hydrogen-bond donors (Lipinski definition) is 2. The molecule has 0 saturated carbocycles. The van der Waals surface area contributed by atoms with Gasteiger partial charge in [-0.15, -0.1) is 0 Å². The molecule has 3 N–H and O–H groups in total. The smallest absolute Gasteiger partial charge is 0.234 e. The molecule has 11 heavy (non-hydrogen) atoms. The van der Waals surface area contributed by atoms with Crippen molar-refractivity contribution in [3.8, 4) is 6.07 Å². The van der Waals surface area contributed by atoms with Crippen molar-refractivity contribution in [3.63, 3.8) is 0 Å². The van der Waals surface area contributed by atoms with Gasteiger partial charge in [0.1, 0.15) is 6.07 Å². The third kappa shape index (κ3) is 1.63. The average Bonchev–Trinajstić information content (AvgIpc) is 2.05. The molecule has 6 heteroatoms. The van der Waals surface area contributed by atoms with Crippen LogP contribution >= 0.6 is 15.9 Å². The van der Waals surface area contributed by atoms with Crippen molar-refractivity contribution < 1.29 is 0 Å². The predicted octanol–water partition coefficient (Wildman–Crippen LogP) is 0.396. The number of nitrogens with zero attached hydrogens (tertiary/aromatic N) is 3. The zero-order valence-corrected chi connectivity index (χ0v) is 6.96. The summed E-state index contributed by atoms with van der Waals surface area (Å²) >= 11 is 3.14. The van der Waals surface area contributed by atoms with Crippen LogP contribution in [0.1, 0.15) is 5.82 Å². The molecular weight excluding hydrogens is 210 g/mol. The number of nitrogens with two attached hydrogens (primary N) is 1. The molecule has 1 aromatic heterocycles. The van der Waals surface area contributed by atoms with E-state index >= 15 is 0 Å². The molecular formula is C5H4BrN5. The van der Waals surface area contributed by atoms with Gasteiger partial charge in [-0.2, -0.15) is 10.2 Å². The first kappa shape index (κ1) is 7.91. The van der Waals surface area contributed by atoms with Crippen LogP contribution in [0.25, 0.3) is 0 Å². The molecule has 0 unspecified atom stereocenters. The van der Waals surface area contributed by atoms with Crippen LogP contribution in [-0.2, 0) is 0 Å². The average molecular weight is 214 g/mol. The van der Waals surface area contributed by atoms with E-state index < -0.39 is 0 Å². The van der Waals surface area contributed by atoms with Crippen LogP contribution < -0.4 is 11.3 Å². The SMILES string of the molecule is N#Cc1ncc(Br)c(NN)n1. The molecule has 0 fully saturated rings. The summed E-state index contributed by atoms with van der Waals surface area (Å²) in [7, 11) is 0. The first-order chi connectivity index (χ1) is 5.27. The summed E-state index contributed by atoms with van der Waals surface area (Å²) in [6, 6.07) is 1.79. The number of nitrogens with one attached hydrogen (secondary N) is 1. The molecule has 0 spiro atoms. The van der Waals surface area contributed by atoms with Gasteiger partial charge >= 0.3 is 0 Å². The molecule has 1 rings (SSSR count). The van der Waals surface area contributed by atoms with Gasteiger partial charge in [0.2, 0.25) is 5.82 Å². The van der Waals surface area contributed by atoms with Crippen molar-refractivity contribution >= 4 is 21.7 Å². The third-order valence-corrected chi connectivity index (χ3v) is 1.56. The van der Waals surface area contributed by atoms with Crippen LogP contribution in [-0.4, -0.2) is 9.97 Å². The normalized spacial score (nSPS) is 8.82. The lowest BCUT2D eigenvalue weighted by atomic mass is 10.5. The monoisotopic (exact) mass is 213 g/mol. The van der Waals surface area contributed by atoms with Crippen molar-refractivity contribution in [1.29, 1.82) is 5.26 Å². The molecule has 5 nitrogen and oxygen atoms in total. The fourth-order valence-electron chi connectivity index (χ4n) is 0.522. The van der Waals surface area contributed by atoms with Crippen LogP contribution in [0.4, 0.5) is 5.82 Å². The van der Waals surface area contributed by atoms with Crippen LogP contribution in [0.15, 0.2) is 10.7 Å². The van der Waals surface area contributed by atoms with Crippen LogP contribution in [0, 0.1) is 11.3 Å². The van der Waals surface area contributed by atoms with Gasteiger partial charge in [-0.05, 0) is 15.9 Å². The summed E-state index contributed by atoms with van der Waals surface area (Å²) in [5.74, 6) is 5.58. The highest BCUT2D eigenvalue weighted by molar-refractivity contribution is 9.10. The largest absolute Gasteiger partial charge is 0.307 e. The maximum atomic E-state index is 8.39. The zero-order valence-electron chi connectivity index (χ0n) is 5.37. The quantitative estimate of drug-likeness (QED) is 0.521. The lowest BCUT2D eigenvalue weighted by Gasteiger charge is -1.99. The van der Waals surface area contributed by atoms with Gasteiger partial charge in [0, 0.05) is 6.20 Å². The lowest BCUT2D eigenvalue weighted by molar-refractivity contribution is 1.08. The Hall–Kier alpha value is -1.19. The van der Waals surface area contributed by atoms with Crippen molar-refractivity contribution in [3.05, 3.63) is 16.5 Å². The second-order valence-electron chi connectivity index (χ2n) is 1.65. The van der Waals surface area contributed by atoms with E-state index in [1.807, 2.05) is 0 Å². The van der Waals surface area contributed by atoms with Gasteiger partial charge < -0.3 is 5.43 Å². The Morgan fingerprint density at radius 3 is 3.00 bits per heavy atom. The number of hydrogen-bond acceptors (Lipinski definition) is 5. The Balaban J connectivity index is 3.15. The highest BCUT2D eigenvalue weighted by Crippen LogP contribution is 2.16. The molecule has 0 aliphatic rings. The van der Waals surface area contributed by atoms with E-state index in [0.29, 0.717) is 10.3 Å².